The number of hydrogen-bond donors (Lipinski definition) is 0. The highest BCUT2D eigenvalue weighted by Crippen LogP contribution is 2.57. The fourth-order valence-corrected chi connectivity index (χ4v) is 2.26. The number of nitrogens with zero attached hydrogens (tertiary/aromatic N) is 2. The number of rotatable bonds is 3. The Balaban J connectivity index is 2.34. The zero-order chi connectivity index (χ0) is 11.9. The number of ether oxygens (including phenoxy) is 1. The molecule has 1 aliphatic carbocycles. The molecule has 0 bridgehead atoms. The topological polar surface area (TPSA) is 35.0 Å². The van der Waals surface area contributed by atoms with E-state index in [4.69, 9.17) is 16.3 Å². The molecule has 0 N–H and O–H groups in total. The van der Waals surface area contributed by atoms with Crippen LogP contribution in [0.5, 0.6) is 0 Å². The molecule has 0 aromatic carbocycles. The molecule has 0 spiro atoms. The largest absolute Gasteiger partial charge is 0.378 e. The van der Waals surface area contributed by atoms with Crippen LogP contribution in [0.25, 0.3) is 0 Å². The SMILES string of the molecule is COCc1nc(C2CC2(C)C)nc(Cl)c1Br. The maximum Gasteiger partial charge on any atom is 0.147 e. The zero-order valence-electron chi connectivity index (χ0n) is 9.55. The van der Waals surface area contributed by atoms with Crippen molar-refractivity contribution in [3.8, 4) is 0 Å². The number of halogens is 2. The lowest BCUT2D eigenvalue weighted by Crippen LogP contribution is -2.04. The predicted octanol–water partition coefficient (Wildman–Crippen LogP) is 3.55. The summed E-state index contributed by atoms with van der Waals surface area (Å²) < 4.78 is 5.83. The van der Waals surface area contributed by atoms with Gasteiger partial charge in [-0.2, -0.15) is 0 Å². The van der Waals surface area contributed by atoms with E-state index in [0.717, 1.165) is 22.4 Å². The first-order chi connectivity index (χ1) is 7.45. The van der Waals surface area contributed by atoms with Crippen LogP contribution in [-0.2, 0) is 11.3 Å². The summed E-state index contributed by atoms with van der Waals surface area (Å²) in [5.41, 5.74) is 1.13. The molecule has 0 aliphatic heterocycles. The van der Waals surface area contributed by atoms with Crippen molar-refractivity contribution < 1.29 is 4.74 Å². The highest BCUT2D eigenvalue weighted by atomic mass is 79.9. The molecule has 1 aromatic heterocycles. The molecule has 5 heteroatoms. The molecule has 1 atom stereocenters. The summed E-state index contributed by atoms with van der Waals surface area (Å²) in [6.45, 7) is 4.88. The van der Waals surface area contributed by atoms with Crippen LogP contribution in [0, 0.1) is 5.41 Å². The molecular weight excluding hydrogens is 291 g/mol. The van der Waals surface area contributed by atoms with Gasteiger partial charge in [-0.15, -0.1) is 0 Å². The normalized spacial score (nSPS) is 22.2. The van der Waals surface area contributed by atoms with Gasteiger partial charge in [-0.3, -0.25) is 0 Å². The lowest BCUT2D eigenvalue weighted by atomic mass is 10.1. The molecule has 1 aliphatic rings. The summed E-state index contributed by atoms with van der Waals surface area (Å²) in [6, 6.07) is 0. The average Bonchev–Trinajstić information content (AvgIpc) is 2.83. The summed E-state index contributed by atoms with van der Waals surface area (Å²) in [7, 11) is 1.64. The molecule has 0 radical (unpaired) electrons. The van der Waals surface area contributed by atoms with Crippen LogP contribution in [0.4, 0.5) is 0 Å². The van der Waals surface area contributed by atoms with Crippen LogP contribution in [0.2, 0.25) is 5.15 Å². The lowest BCUT2D eigenvalue weighted by Gasteiger charge is -2.08. The molecule has 16 heavy (non-hydrogen) atoms. The molecule has 0 saturated heterocycles. The Morgan fingerprint density at radius 1 is 1.50 bits per heavy atom. The van der Waals surface area contributed by atoms with Crippen molar-refractivity contribution in [3.63, 3.8) is 0 Å². The first kappa shape index (κ1) is 12.3. The van der Waals surface area contributed by atoms with E-state index < -0.39 is 0 Å². The van der Waals surface area contributed by atoms with E-state index >= 15 is 0 Å². The summed E-state index contributed by atoms with van der Waals surface area (Å²) in [6.07, 6.45) is 1.12. The molecule has 2 rings (SSSR count). The predicted molar refractivity (Wildman–Crippen MR) is 66.6 cm³/mol. The summed E-state index contributed by atoms with van der Waals surface area (Å²) >= 11 is 9.44. The first-order valence-electron chi connectivity index (χ1n) is 5.16. The summed E-state index contributed by atoms with van der Waals surface area (Å²) in [5, 5.41) is 0.472. The van der Waals surface area contributed by atoms with E-state index in [9.17, 15) is 0 Å². The van der Waals surface area contributed by atoms with Crippen LogP contribution < -0.4 is 0 Å². The van der Waals surface area contributed by atoms with Gasteiger partial charge in [0.15, 0.2) is 0 Å². The van der Waals surface area contributed by atoms with Gasteiger partial charge in [0.2, 0.25) is 0 Å². The molecular formula is C11H14BrClN2O. The second kappa shape index (κ2) is 4.24. The lowest BCUT2D eigenvalue weighted by molar-refractivity contribution is 0.180. The van der Waals surface area contributed by atoms with Crippen molar-refractivity contribution in [1.82, 2.24) is 9.97 Å². The van der Waals surface area contributed by atoms with Crippen molar-refractivity contribution >= 4 is 27.5 Å². The van der Waals surface area contributed by atoms with Gasteiger partial charge in [0.1, 0.15) is 11.0 Å². The molecule has 1 unspecified atom stereocenters. The monoisotopic (exact) mass is 304 g/mol. The minimum Gasteiger partial charge on any atom is -0.378 e. The Bertz CT molecular complexity index is 423. The minimum absolute atomic E-state index is 0.307. The van der Waals surface area contributed by atoms with Gasteiger partial charge in [-0.05, 0) is 27.8 Å². The number of methoxy groups -OCH3 is 1. The fourth-order valence-electron chi connectivity index (χ4n) is 1.78. The second-order valence-electron chi connectivity index (χ2n) is 4.81. The quantitative estimate of drug-likeness (QED) is 0.801. The molecule has 88 valence electrons. The molecule has 1 aromatic rings. The van der Waals surface area contributed by atoms with Crippen LogP contribution in [0.15, 0.2) is 4.47 Å². The highest BCUT2D eigenvalue weighted by molar-refractivity contribution is 9.10. The molecule has 1 heterocycles. The van der Waals surface area contributed by atoms with E-state index in [1.807, 2.05) is 0 Å². The number of aromatic nitrogens is 2. The van der Waals surface area contributed by atoms with Crippen LogP contribution in [0.3, 0.4) is 0 Å². The van der Waals surface area contributed by atoms with E-state index in [2.05, 4.69) is 39.7 Å². The molecule has 1 fully saturated rings. The van der Waals surface area contributed by atoms with Crippen LogP contribution in [-0.4, -0.2) is 17.1 Å². The van der Waals surface area contributed by atoms with E-state index in [0.29, 0.717) is 23.1 Å². The summed E-state index contributed by atoms with van der Waals surface area (Å²) in [5.74, 6) is 1.26. The van der Waals surface area contributed by atoms with Crippen LogP contribution >= 0.6 is 27.5 Å². The smallest absolute Gasteiger partial charge is 0.147 e. The second-order valence-corrected chi connectivity index (χ2v) is 5.96. The zero-order valence-corrected chi connectivity index (χ0v) is 11.9. The van der Waals surface area contributed by atoms with Gasteiger partial charge in [0.25, 0.3) is 0 Å². The highest BCUT2D eigenvalue weighted by Gasteiger charge is 2.48. The van der Waals surface area contributed by atoms with Crippen molar-refractivity contribution in [2.45, 2.75) is 32.8 Å². The Morgan fingerprint density at radius 2 is 2.12 bits per heavy atom. The van der Waals surface area contributed by atoms with E-state index in [1.165, 1.54) is 0 Å². The Kier molecular flexibility index (Phi) is 3.25. The van der Waals surface area contributed by atoms with Gasteiger partial charge < -0.3 is 4.74 Å². The van der Waals surface area contributed by atoms with Gasteiger partial charge in [-0.1, -0.05) is 25.4 Å². The van der Waals surface area contributed by atoms with Crippen molar-refractivity contribution in [3.05, 3.63) is 21.1 Å². The van der Waals surface area contributed by atoms with Gasteiger partial charge in [0.05, 0.1) is 16.8 Å². The third-order valence-corrected chi connectivity index (χ3v) is 4.34. The van der Waals surface area contributed by atoms with Crippen molar-refractivity contribution in [2.75, 3.05) is 7.11 Å². The number of hydrogen-bond acceptors (Lipinski definition) is 3. The molecule has 1 saturated carbocycles. The maximum atomic E-state index is 6.07. The molecule has 0 amide bonds. The average molecular weight is 306 g/mol. The maximum absolute atomic E-state index is 6.07. The Labute approximate surface area is 109 Å². The van der Waals surface area contributed by atoms with Crippen LogP contribution in [0.1, 0.15) is 37.7 Å². The van der Waals surface area contributed by atoms with Crippen molar-refractivity contribution in [2.24, 2.45) is 5.41 Å². The van der Waals surface area contributed by atoms with E-state index in [1.54, 1.807) is 7.11 Å². The molecule has 3 nitrogen and oxygen atoms in total. The Morgan fingerprint density at radius 3 is 2.62 bits per heavy atom. The van der Waals surface area contributed by atoms with Gasteiger partial charge >= 0.3 is 0 Å². The minimum atomic E-state index is 0.307. The first-order valence-corrected chi connectivity index (χ1v) is 6.33. The van der Waals surface area contributed by atoms with Gasteiger partial charge in [0, 0.05) is 13.0 Å². The third kappa shape index (κ3) is 2.24. The third-order valence-electron chi connectivity index (χ3n) is 3.00. The van der Waals surface area contributed by atoms with Crippen molar-refractivity contribution in [1.29, 1.82) is 0 Å². The fraction of sp³-hybridized carbons (Fsp3) is 0.636. The van der Waals surface area contributed by atoms with E-state index in [-0.39, 0.29) is 0 Å². The standard InChI is InChI=1S/C11H14BrClN2O/c1-11(2)4-6(11)10-14-7(5-16-3)8(12)9(13)15-10/h6H,4-5H2,1-3H3. The Hall–Kier alpha value is -0.190. The van der Waals surface area contributed by atoms with Gasteiger partial charge in [-0.25, -0.2) is 9.97 Å². The summed E-state index contributed by atoms with van der Waals surface area (Å²) in [4.78, 5) is 8.84.